The topological polar surface area (TPSA) is 77.0 Å². The van der Waals surface area contributed by atoms with E-state index in [1.807, 2.05) is 22.6 Å². The normalized spacial score (nSPS) is 18.6. The van der Waals surface area contributed by atoms with Crippen LogP contribution in [-0.2, 0) is 0 Å². The maximum absolute atomic E-state index is 13.0. The zero-order valence-electron chi connectivity index (χ0n) is 13.4. The average Bonchev–Trinajstić information content (AvgIpc) is 3.11. The van der Waals surface area contributed by atoms with Gasteiger partial charge in [-0.05, 0) is 39.7 Å². The van der Waals surface area contributed by atoms with Gasteiger partial charge in [0.15, 0.2) is 5.65 Å². The molecular formula is C16H23N5O. The van der Waals surface area contributed by atoms with Gasteiger partial charge in [-0.3, -0.25) is 4.79 Å². The highest BCUT2D eigenvalue weighted by Crippen LogP contribution is 2.25. The number of aryl methyl sites for hydroxylation is 1. The van der Waals surface area contributed by atoms with Crippen LogP contribution in [0.1, 0.15) is 48.8 Å². The van der Waals surface area contributed by atoms with Crippen molar-refractivity contribution in [2.45, 2.75) is 45.7 Å². The number of rotatable bonds is 3. The number of nitrogens with two attached hydrogens (primary N) is 1. The maximum atomic E-state index is 13.0. The van der Waals surface area contributed by atoms with Gasteiger partial charge in [0.05, 0.1) is 17.1 Å². The summed E-state index contributed by atoms with van der Waals surface area (Å²) in [6.45, 7) is 7.33. The SMILES string of the molecule is Cc1cc(C(=O)N2CCCC2CN)c2cnn(C(C)C)c2n1. The van der Waals surface area contributed by atoms with Gasteiger partial charge in [0, 0.05) is 30.9 Å². The lowest BCUT2D eigenvalue weighted by Crippen LogP contribution is -2.40. The number of amides is 1. The minimum Gasteiger partial charge on any atom is -0.334 e. The first-order valence-electron chi connectivity index (χ1n) is 7.88. The van der Waals surface area contributed by atoms with Crippen LogP contribution in [0.3, 0.4) is 0 Å². The first kappa shape index (κ1) is 15.0. The van der Waals surface area contributed by atoms with Crippen molar-refractivity contribution >= 4 is 16.9 Å². The number of likely N-dealkylation sites (tertiary alicyclic amines) is 1. The average molecular weight is 301 g/mol. The van der Waals surface area contributed by atoms with Crippen molar-refractivity contribution in [3.8, 4) is 0 Å². The first-order chi connectivity index (χ1) is 10.5. The summed E-state index contributed by atoms with van der Waals surface area (Å²) in [6, 6.07) is 2.22. The summed E-state index contributed by atoms with van der Waals surface area (Å²) in [4.78, 5) is 19.4. The van der Waals surface area contributed by atoms with Crippen molar-refractivity contribution in [2.75, 3.05) is 13.1 Å². The Labute approximate surface area is 130 Å². The van der Waals surface area contributed by atoms with E-state index in [4.69, 9.17) is 5.73 Å². The lowest BCUT2D eigenvalue weighted by atomic mass is 10.1. The van der Waals surface area contributed by atoms with Crippen molar-refractivity contribution in [2.24, 2.45) is 5.73 Å². The minimum atomic E-state index is 0.0479. The van der Waals surface area contributed by atoms with Gasteiger partial charge in [-0.15, -0.1) is 0 Å². The Bertz CT molecular complexity index is 706. The van der Waals surface area contributed by atoms with Gasteiger partial charge < -0.3 is 10.6 Å². The molecule has 1 unspecified atom stereocenters. The molecule has 118 valence electrons. The highest BCUT2D eigenvalue weighted by Gasteiger charge is 2.30. The molecule has 0 aliphatic carbocycles. The molecule has 0 saturated carbocycles. The van der Waals surface area contributed by atoms with Crippen molar-refractivity contribution in [3.63, 3.8) is 0 Å². The predicted molar refractivity (Wildman–Crippen MR) is 85.8 cm³/mol. The third-order valence-electron chi connectivity index (χ3n) is 4.32. The Morgan fingerprint density at radius 3 is 2.95 bits per heavy atom. The van der Waals surface area contributed by atoms with Crippen LogP contribution < -0.4 is 5.73 Å². The second-order valence-corrected chi connectivity index (χ2v) is 6.26. The van der Waals surface area contributed by atoms with E-state index in [0.29, 0.717) is 12.1 Å². The largest absolute Gasteiger partial charge is 0.334 e. The Hall–Kier alpha value is -1.95. The quantitative estimate of drug-likeness (QED) is 0.939. The number of fused-ring (bicyclic) bond motifs is 1. The van der Waals surface area contributed by atoms with Crippen LogP contribution >= 0.6 is 0 Å². The van der Waals surface area contributed by atoms with Gasteiger partial charge in [0.2, 0.25) is 0 Å². The van der Waals surface area contributed by atoms with Crippen LogP contribution in [0, 0.1) is 6.92 Å². The van der Waals surface area contributed by atoms with Crippen LogP contribution in [0.4, 0.5) is 0 Å². The van der Waals surface area contributed by atoms with Gasteiger partial charge in [-0.1, -0.05) is 0 Å². The van der Waals surface area contributed by atoms with E-state index in [1.54, 1.807) is 6.20 Å². The number of carbonyl (C=O) groups is 1. The molecule has 1 atom stereocenters. The summed E-state index contributed by atoms with van der Waals surface area (Å²) >= 11 is 0. The fourth-order valence-corrected chi connectivity index (χ4v) is 3.20. The molecule has 1 fully saturated rings. The molecule has 1 aliphatic rings. The van der Waals surface area contributed by atoms with E-state index >= 15 is 0 Å². The van der Waals surface area contributed by atoms with Crippen molar-refractivity contribution in [1.82, 2.24) is 19.7 Å². The van der Waals surface area contributed by atoms with Crippen molar-refractivity contribution < 1.29 is 4.79 Å². The molecule has 1 saturated heterocycles. The van der Waals surface area contributed by atoms with Crippen LogP contribution in [0.15, 0.2) is 12.3 Å². The molecule has 22 heavy (non-hydrogen) atoms. The van der Waals surface area contributed by atoms with Gasteiger partial charge in [0.25, 0.3) is 5.91 Å². The number of pyridine rings is 1. The fraction of sp³-hybridized carbons (Fsp3) is 0.562. The summed E-state index contributed by atoms with van der Waals surface area (Å²) in [5, 5.41) is 5.23. The lowest BCUT2D eigenvalue weighted by Gasteiger charge is -2.24. The van der Waals surface area contributed by atoms with E-state index in [1.165, 1.54) is 0 Å². The summed E-state index contributed by atoms with van der Waals surface area (Å²) in [5.74, 6) is 0.0479. The van der Waals surface area contributed by atoms with Gasteiger partial charge in [-0.2, -0.15) is 5.10 Å². The number of hydrogen-bond donors (Lipinski definition) is 1. The fourth-order valence-electron chi connectivity index (χ4n) is 3.20. The molecule has 0 aromatic carbocycles. The molecule has 0 bridgehead atoms. The summed E-state index contributed by atoms with van der Waals surface area (Å²) < 4.78 is 1.86. The lowest BCUT2D eigenvalue weighted by molar-refractivity contribution is 0.0743. The Morgan fingerprint density at radius 1 is 1.50 bits per heavy atom. The van der Waals surface area contributed by atoms with Crippen LogP contribution in [0.5, 0.6) is 0 Å². The predicted octanol–water partition coefficient (Wildman–Crippen LogP) is 1.88. The monoisotopic (exact) mass is 301 g/mol. The maximum Gasteiger partial charge on any atom is 0.255 e. The van der Waals surface area contributed by atoms with Gasteiger partial charge >= 0.3 is 0 Å². The van der Waals surface area contributed by atoms with E-state index in [-0.39, 0.29) is 18.0 Å². The molecule has 3 rings (SSSR count). The minimum absolute atomic E-state index is 0.0479. The van der Waals surface area contributed by atoms with E-state index in [9.17, 15) is 4.79 Å². The summed E-state index contributed by atoms with van der Waals surface area (Å²) in [6.07, 6.45) is 3.76. The molecule has 2 aromatic heterocycles. The number of hydrogen-bond acceptors (Lipinski definition) is 4. The third-order valence-corrected chi connectivity index (χ3v) is 4.32. The Morgan fingerprint density at radius 2 is 2.27 bits per heavy atom. The van der Waals surface area contributed by atoms with Gasteiger partial charge in [-0.25, -0.2) is 9.67 Å². The molecule has 2 N–H and O–H groups in total. The molecule has 1 aliphatic heterocycles. The highest BCUT2D eigenvalue weighted by molar-refractivity contribution is 6.05. The second-order valence-electron chi connectivity index (χ2n) is 6.26. The summed E-state index contributed by atoms with van der Waals surface area (Å²) in [5.41, 5.74) is 8.11. The van der Waals surface area contributed by atoms with Crippen molar-refractivity contribution in [1.29, 1.82) is 0 Å². The van der Waals surface area contributed by atoms with Gasteiger partial charge in [0.1, 0.15) is 0 Å². The zero-order valence-corrected chi connectivity index (χ0v) is 13.4. The highest BCUT2D eigenvalue weighted by atomic mass is 16.2. The Kier molecular flexibility index (Phi) is 3.87. The Balaban J connectivity index is 2.08. The third kappa shape index (κ3) is 2.37. The molecule has 0 radical (unpaired) electrons. The second kappa shape index (κ2) is 5.68. The molecule has 0 spiro atoms. The molecular weight excluding hydrogens is 278 g/mol. The molecule has 3 heterocycles. The summed E-state index contributed by atoms with van der Waals surface area (Å²) in [7, 11) is 0. The zero-order chi connectivity index (χ0) is 15.9. The van der Waals surface area contributed by atoms with Crippen LogP contribution in [0.25, 0.3) is 11.0 Å². The molecule has 1 amide bonds. The smallest absolute Gasteiger partial charge is 0.255 e. The van der Waals surface area contributed by atoms with Crippen molar-refractivity contribution in [3.05, 3.63) is 23.5 Å². The molecule has 6 nitrogen and oxygen atoms in total. The molecule has 6 heteroatoms. The van der Waals surface area contributed by atoms with E-state index < -0.39 is 0 Å². The number of aromatic nitrogens is 3. The molecule has 2 aromatic rings. The van der Waals surface area contributed by atoms with E-state index in [0.717, 1.165) is 36.1 Å². The number of carbonyl (C=O) groups excluding carboxylic acids is 1. The standard InChI is InChI=1S/C16H23N5O/c1-10(2)21-15-14(9-18-21)13(7-11(3)19-15)16(22)20-6-4-5-12(20)8-17/h7,9-10,12H,4-6,8,17H2,1-3H3. The van der Waals surface area contributed by atoms with Crippen LogP contribution in [0.2, 0.25) is 0 Å². The number of nitrogens with zero attached hydrogens (tertiary/aromatic N) is 4. The van der Waals surface area contributed by atoms with E-state index in [2.05, 4.69) is 23.9 Å². The first-order valence-corrected chi connectivity index (χ1v) is 7.88. The van der Waals surface area contributed by atoms with Crippen LogP contribution in [-0.4, -0.2) is 44.7 Å².